The number of aromatic nitrogens is 3. The number of aryl methyl sites for hydroxylation is 1. The molecule has 15 heavy (non-hydrogen) atoms. The molecular formula is C11H9N3O. The predicted molar refractivity (Wildman–Crippen MR) is 55.4 cm³/mol. The van der Waals surface area contributed by atoms with Gasteiger partial charge in [-0.05, 0) is 19.1 Å². The van der Waals surface area contributed by atoms with Crippen LogP contribution in [-0.2, 0) is 0 Å². The largest absolute Gasteiger partial charge is 0.298 e. The van der Waals surface area contributed by atoms with Crippen molar-refractivity contribution in [3.8, 4) is 11.4 Å². The van der Waals surface area contributed by atoms with Crippen LogP contribution in [0.2, 0.25) is 0 Å². The maximum Gasteiger partial charge on any atom is 0.153 e. The van der Waals surface area contributed by atoms with E-state index in [2.05, 4.69) is 15.0 Å². The van der Waals surface area contributed by atoms with Crippen LogP contribution >= 0.6 is 0 Å². The lowest BCUT2D eigenvalue weighted by Crippen LogP contribution is -1.98. The van der Waals surface area contributed by atoms with Crippen molar-refractivity contribution in [2.45, 2.75) is 6.92 Å². The minimum absolute atomic E-state index is 0.458. The van der Waals surface area contributed by atoms with E-state index in [1.54, 1.807) is 13.1 Å². The van der Waals surface area contributed by atoms with Crippen LogP contribution in [0.5, 0.6) is 0 Å². The first-order chi connectivity index (χ1) is 7.31. The van der Waals surface area contributed by atoms with Gasteiger partial charge >= 0.3 is 0 Å². The molecule has 2 aromatic rings. The van der Waals surface area contributed by atoms with Gasteiger partial charge in [0.05, 0.1) is 11.3 Å². The number of carbonyl (C=O) groups excluding carboxylic acids is 1. The summed E-state index contributed by atoms with van der Waals surface area (Å²) in [5, 5.41) is 0. The Labute approximate surface area is 87.0 Å². The molecule has 0 atom stereocenters. The molecule has 2 rings (SSSR count). The van der Waals surface area contributed by atoms with E-state index in [1.807, 2.05) is 18.2 Å². The Morgan fingerprint density at radius 3 is 2.80 bits per heavy atom. The zero-order valence-corrected chi connectivity index (χ0v) is 8.21. The normalized spacial score (nSPS) is 9.93. The first kappa shape index (κ1) is 9.45. The van der Waals surface area contributed by atoms with E-state index in [4.69, 9.17) is 0 Å². The third kappa shape index (κ3) is 1.88. The van der Waals surface area contributed by atoms with Crippen LogP contribution in [0.3, 0.4) is 0 Å². The van der Waals surface area contributed by atoms with E-state index in [9.17, 15) is 4.79 Å². The van der Waals surface area contributed by atoms with Gasteiger partial charge in [-0.2, -0.15) is 0 Å². The minimum atomic E-state index is 0.458. The predicted octanol–water partition coefficient (Wildman–Crippen LogP) is 1.66. The molecule has 74 valence electrons. The van der Waals surface area contributed by atoms with Crippen molar-refractivity contribution in [2.75, 3.05) is 0 Å². The van der Waals surface area contributed by atoms with E-state index in [0.717, 1.165) is 6.29 Å². The van der Waals surface area contributed by atoms with Crippen molar-refractivity contribution in [1.29, 1.82) is 0 Å². The Hall–Kier alpha value is -2.10. The standard InChI is InChI=1S/C11H9N3O/c1-8-13-6-9(7-15)11(14-8)10-4-2-3-5-12-10/h2-7H,1H3. The zero-order chi connectivity index (χ0) is 10.7. The second kappa shape index (κ2) is 3.96. The molecule has 0 spiro atoms. The van der Waals surface area contributed by atoms with E-state index in [0.29, 0.717) is 22.8 Å². The van der Waals surface area contributed by atoms with Crippen LogP contribution in [-0.4, -0.2) is 21.2 Å². The fourth-order valence-corrected chi connectivity index (χ4v) is 1.27. The number of rotatable bonds is 2. The number of pyridine rings is 1. The molecule has 0 saturated heterocycles. The molecule has 4 heteroatoms. The highest BCUT2D eigenvalue weighted by Crippen LogP contribution is 2.16. The van der Waals surface area contributed by atoms with Crippen molar-refractivity contribution < 1.29 is 4.79 Å². The van der Waals surface area contributed by atoms with Crippen LogP contribution in [0.25, 0.3) is 11.4 Å². The second-order valence-electron chi connectivity index (χ2n) is 3.05. The maximum absolute atomic E-state index is 10.8. The van der Waals surface area contributed by atoms with Crippen LogP contribution < -0.4 is 0 Å². The molecule has 0 saturated carbocycles. The summed E-state index contributed by atoms with van der Waals surface area (Å²) in [6.07, 6.45) is 3.92. The van der Waals surface area contributed by atoms with Crippen LogP contribution in [0.15, 0.2) is 30.6 Å². The topological polar surface area (TPSA) is 55.7 Å². The molecular weight excluding hydrogens is 190 g/mol. The summed E-state index contributed by atoms with van der Waals surface area (Å²) in [6, 6.07) is 5.49. The fraction of sp³-hybridized carbons (Fsp3) is 0.0909. The Morgan fingerprint density at radius 1 is 1.27 bits per heavy atom. The highest BCUT2D eigenvalue weighted by Gasteiger charge is 2.07. The van der Waals surface area contributed by atoms with Gasteiger partial charge < -0.3 is 0 Å². The molecule has 0 unspecified atom stereocenters. The first-order valence-corrected chi connectivity index (χ1v) is 4.51. The summed E-state index contributed by atoms with van der Waals surface area (Å²) in [7, 11) is 0. The van der Waals surface area contributed by atoms with Gasteiger partial charge in [0, 0.05) is 12.4 Å². The lowest BCUT2D eigenvalue weighted by Gasteiger charge is -2.02. The van der Waals surface area contributed by atoms with Crippen LogP contribution in [0, 0.1) is 6.92 Å². The molecule has 2 aromatic heterocycles. The van der Waals surface area contributed by atoms with Crippen molar-refractivity contribution in [1.82, 2.24) is 15.0 Å². The molecule has 0 aliphatic rings. The van der Waals surface area contributed by atoms with E-state index in [-0.39, 0.29) is 0 Å². The van der Waals surface area contributed by atoms with Crippen LogP contribution in [0.1, 0.15) is 16.2 Å². The Kier molecular flexibility index (Phi) is 2.49. The summed E-state index contributed by atoms with van der Waals surface area (Å²) < 4.78 is 0. The van der Waals surface area contributed by atoms with Gasteiger partial charge in [-0.1, -0.05) is 6.07 Å². The molecule has 2 heterocycles. The van der Waals surface area contributed by atoms with Gasteiger partial charge in [0.15, 0.2) is 6.29 Å². The summed E-state index contributed by atoms with van der Waals surface area (Å²) in [6.45, 7) is 1.78. The van der Waals surface area contributed by atoms with Gasteiger partial charge in [0.1, 0.15) is 11.5 Å². The number of carbonyl (C=O) groups is 1. The smallest absolute Gasteiger partial charge is 0.153 e. The molecule has 0 aliphatic carbocycles. The highest BCUT2D eigenvalue weighted by molar-refractivity contribution is 5.84. The van der Waals surface area contributed by atoms with E-state index < -0.39 is 0 Å². The zero-order valence-electron chi connectivity index (χ0n) is 8.21. The van der Waals surface area contributed by atoms with Gasteiger partial charge in [-0.3, -0.25) is 9.78 Å². The lowest BCUT2D eigenvalue weighted by atomic mass is 10.2. The second-order valence-corrected chi connectivity index (χ2v) is 3.05. The van der Waals surface area contributed by atoms with Crippen molar-refractivity contribution in [3.05, 3.63) is 42.0 Å². The quantitative estimate of drug-likeness (QED) is 0.690. The van der Waals surface area contributed by atoms with Crippen molar-refractivity contribution in [3.63, 3.8) is 0 Å². The number of aldehydes is 1. The third-order valence-corrected chi connectivity index (χ3v) is 1.97. The average Bonchev–Trinajstić information content (AvgIpc) is 2.30. The Morgan fingerprint density at radius 2 is 2.13 bits per heavy atom. The van der Waals surface area contributed by atoms with Crippen molar-refractivity contribution in [2.24, 2.45) is 0 Å². The molecule has 4 nitrogen and oxygen atoms in total. The highest BCUT2D eigenvalue weighted by atomic mass is 16.1. The van der Waals surface area contributed by atoms with Gasteiger partial charge in [0.25, 0.3) is 0 Å². The minimum Gasteiger partial charge on any atom is -0.298 e. The van der Waals surface area contributed by atoms with Gasteiger partial charge in [-0.25, -0.2) is 9.97 Å². The fourth-order valence-electron chi connectivity index (χ4n) is 1.27. The SMILES string of the molecule is Cc1ncc(C=O)c(-c2ccccn2)n1. The average molecular weight is 199 g/mol. The Bertz CT molecular complexity index is 482. The number of hydrogen-bond acceptors (Lipinski definition) is 4. The Balaban J connectivity index is 2.61. The first-order valence-electron chi connectivity index (χ1n) is 4.51. The third-order valence-electron chi connectivity index (χ3n) is 1.97. The van der Waals surface area contributed by atoms with Crippen LogP contribution in [0.4, 0.5) is 0 Å². The van der Waals surface area contributed by atoms with Crippen molar-refractivity contribution >= 4 is 6.29 Å². The summed E-state index contributed by atoms with van der Waals surface area (Å²) in [5.41, 5.74) is 1.72. The summed E-state index contributed by atoms with van der Waals surface area (Å²) in [5.74, 6) is 0.626. The summed E-state index contributed by atoms with van der Waals surface area (Å²) in [4.78, 5) is 23.1. The van der Waals surface area contributed by atoms with E-state index >= 15 is 0 Å². The molecule has 0 fully saturated rings. The lowest BCUT2D eigenvalue weighted by molar-refractivity contribution is 0.112. The molecule has 0 bridgehead atoms. The molecule has 0 aliphatic heterocycles. The molecule has 0 N–H and O–H groups in total. The van der Waals surface area contributed by atoms with E-state index in [1.165, 1.54) is 6.20 Å². The number of hydrogen-bond donors (Lipinski definition) is 0. The molecule has 0 aromatic carbocycles. The maximum atomic E-state index is 10.8. The van der Waals surface area contributed by atoms with Gasteiger partial charge in [0.2, 0.25) is 0 Å². The van der Waals surface area contributed by atoms with Gasteiger partial charge in [-0.15, -0.1) is 0 Å². The molecule has 0 radical (unpaired) electrons. The monoisotopic (exact) mass is 199 g/mol. The molecule has 0 amide bonds. The number of nitrogens with zero attached hydrogens (tertiary/aromatic N) is 3. The summed E-state index contributed by atoms with van der Waals surface area (Å²) >= 11 is 0.